The number of rotatable bonds is 4. The van der Waals surface area contributed by atoms with Gasteiger partial charge in [0.25, 0.3) is 0 Å². The third-order valence-corrected chi connectivity index (χ3v) is 6.67. The number of sulfonamides is 1. The Bertz CT molecular complexity index is 875. The number of nitrogens with one attached hydrogen (secondary N) is 1. The van der Waals surface area contributed by atoms with Gasteiger partial charge >= 0.3 is 12.1 Å². The fourth-order valence-electron chi connectivity index (χ4n) is 4.05. The van der Waals surface area contributed by atoms with Crippen LogP contribution in [0, 0.1) is 12.8 Å². The number of aliphatic carboxylic acids is 1. The van der Waals surface area contributed by atoms with Crippen LogP contribution in [0.25, 0.3) is 0 Å². The average Bonchev–Trinajstić information content (AvgIpc) is 3.10. The predicted molar refractivity (Wildman–Crippen MR) is 101 cm³/mol. The van der Waals surface area contributed by atoms with Crippen LogP contribution in [0.2, 0.25) is 0 Å². The van der Waals surface area contributed by atoms with Crippen LogP contribution in [-0.2, 0) is 19.6 Å². The molecule has 8 nitrogen and oxygen atoms in total. The Labute approximate surface area is 164 Å². The SMILES string of the molecule is Cc1ccc(S(=O)(=O)N[C@@H]2C[C@@H]3C[C@H]2N(C(=O)OC(C)(C)C)[C@@H]3C(=O)O)cc1. The van der Waals surface area contributed by atoms with E-state index in [9.17, 15) is 23.1 Å². The van der Waals surface area contributed by atoms with Crippen molar-refractivity contribution in [3.05, 3.63) is 29.8 Å². The minimum Gasteiger partial charge on any atom is -0.480 e. The van der Waals surface area contributed by atoms with Crippen molar-refractivity contribution < 1.29 is 27.9 Å². The quantitative estimate of drug-likeness (QED) is 0.786. The zero-order valence-electron chi connectivity index (χ0n) is 16.4. The molecule has 9 heteroatoms. The van der Waals surface area contributed by atoms with Crippen molar-refractivity contribution in [3.8, 4) is 0 Å². The van der Waals surface area contributed by atoms with Crippen LogP contribution in [0.15, 0.2) is 29.2 Å². The molecule has 3 rings (SSSR count). The molecule has 0 radical (unpaired) electrons. The van der Waals surface area contributed by atoms with Crippen molar-refractivity contribution >= 4 is 22.1 Å². The van der Waals surface area contributed by atoms with E-state index in [2.05, 4.69) is 4.72 Å². The minimum absolute atomic E-state index is 0.138. The fraction of sp³-hybridized carbons (Fsp3) is 0.579. The smallest absolute Gasteiger partial charge is 0.411 e. The molecule has 0 aromatic heterocycles. The molecule has 154 valence electrons. The number of hydrogen-bond acceptors (Lipinski definition) is 5. The average molecular weight is 410 g/mol. The van der Waals surface area contributed by atoms with E-state index in [0.717, 1.165) is 5.56 Å². The second-order valence-corrected chi connectivity index (χ2v) is 10.2. The number of carboxylic acids is 1. The van der Waals surface area contributed by atoms with Gasteiger partial charge in [0, 0.05) is 6.04 Å². The number of carboxylic acid groups (broad SMARTS) is 1. The Morgan fingerprint density at radius 1 is 1.18 bits per heavy atom. The van der Waals surface area contributed by atoms with Crippen molar-refractivity contribution in [2.45, 2.75) is 69.2 Å². The lowest BCUT2D eigenvalue weighted by molar-refractivity contribution is -0.145. The van der Waals surface area contributed by atoms with Crippen molar-refractivity contribution in [1.29, 1.82) is 0 Å². The molecule has 28 heavy (non-hydrogen) atoms. The molecule has 2 N–H and O–H groups in total. The molecule has 2 bridgehead atoms. The van der Waals surface area contributed by atoms with E-state index < -0.39 is 45.8 Å². The van der Waals surface area contributed by atoms with Crippen LogP contribution in [-0.4, -0.2) is 54.2 Å². The summed E-state index contributed by atoms with van der Waals surface area (Å²) in [5.74, 6) is -1.42. The molecule has 1 heterocycles. The largest absolute Gasteiger partial charge is 0.480 e. The van der Waals surface area contributed by atoms with Gasteiger partial charge in [0.2, 0.25) is 10.0 Å². The number of carbonyl (C=O) groups is 2. The fourth-order valence-corrected chi connectivity index (χ4v) is 5.33. The number of likely N-dealkylation sites (tertiary alicyclic amines) is 1. The van der Waals surface area contributed by atoms with Gasteiger partial charge in [-0.3, -0.25) is 4.90 Å². The molecular weight excluding hydrogens is 384 g/mol. The molecule has 2 fully saturated rings. The zero-order chi connectivity index (χ0) is 20.9. The summed E-state index contributed by atoms with van der Waals surface area (Å²) in [4.78, 5) is 25.7. The number of benzene rings is 1. The Hall–Kier alpha value is -2.13. The molecule has 2 aliphatic rings. The van der Waals surface area contributed by atoms with Gasteiger partial charge in [-0.15, -0.1) is 0 Å². The maximum Gasteiger partial charge on any atom is 0.411 e. The number of aryl methyl sites for hydroxylation is 1. The Balaban J connectivity index is 1.83. The van der Waals surface area contributed by atoms with Crippen LogP contribution in [0.1, 0.15) is 39.2 Å². The molecule has 1 aliphatic heterocycles. The summed E-state index contributed by atoms with van der Waals surface area (Å²) in [5, 5.41) is 9.59. The first kappa shape index (κ1) is 20.6. The third kappa shape index (κ3) is 4.00. The zero-order valence-corrected chi connectivity index (χ0v) is 17.2. The molecule has 0 spiro atoms. The number of piperidine rings is 1. The van der Waals surface area contributed by atoms with E-state index >= 15 is 0 Å². The maximum atomic E-state index is 12.7. The van der Waals surface area contributed by atoms with E-state index in [1.165, 1.54) is 17.0 Å². The third-order valence-electron chi connectivity index (χ3n) is 5.16. The van der Waals surface area contributed by atoms with Crippen LogP contribution in [0.5, 0.6) is 0 Å². The normalized spacial score (nSPS) is 27.1. The lowest BCUT2D eigenvalue weighted by Gasteiger charge is -2.38. The summed E-state index contributed by atoms with van der Waals surface area (Å²) in [6, 6.07) is 4.36. The first-order chi connectivity index (χ1) is 12.9. The second-order valence-electron chi connectivity index (χ2n) is 8.51. The number of hydrogen-bond donors (Lipinski definition) is 2. The van der Waals surface area contributed by atoms with Gasteiger partial charge in [-0.2, -0.15) is 0 Å². The van der Waals surface area contributed by atoms with Crippen LogP contribution >= 0.6 is 0 Å². The molecule has 4 atom stereocenters. The highest BCUT2D eigenvalue weighted by atomic mass is 32.2. The Morgan fingerprint density at radius 3 is 2.32 bits per heavy atom. The number of fused-ring (bicyclic) bond motifs is 2. The summed E-state index contributed by atoms with van der Waals surface area (Å²) < 4.78 is 33.5. The van der Waals surface area contributed by atoms with Crippen LogP contribution < -0.4 is 4.72 Å². The highest BCUT2D eigenvalue weighted by Crippen LogP contribution is 2.44. The summed E-state index contributed by atoms with van der Waals surface area (Å²) >= 11 is 0. The van der Waals surface area contributed by atoms with E-state index in [-0.39, 0.29) is 10.8 Å². The van der Waals surface area contributed by atoms with Gasteiger partial charge in [0.15, 0.2) is 0 Å². The van der Waals surface area contributed by atoms with Crippen molar-refractivity contribution in [2.24, 2.45) is 5.92 Å². The van der Waals surface area contributed by atoms with E-state index in [1.807, 2.05) is 6.92 Å². The Morgan fingerprint density at radius 2 is 1.79 bits per heavy atom. The molecule has 1 aromatic carbocycles. The standard InChI is InChI=1S/C19H26N2O6S/c1-11-5-7-13(8-6-11)28(25,26)20-14-9-12-10-15(14)21(16(12)17(22)23)18(24)27-19(2,3)4/h5-8,12,14-16,20H,9-10H2,1-4H3,(H,22,23)/t12-,14-,15-,16+/m1/s1. The van der Waals surface area contributed by atoms with Crippen LogP contribution in [0.4, 0.5) is 4.79 Å². The van der Waals surface area contributed by atoms with E-state index in [4.69, 9.17) is 4.74 Å². The van der Waals surface area contributed by atoms with Crippen molar-refractivity contribution in [2.75, 3.05) is 0 Å². The van der Waals surface area contributed by atoms with Gasteiger partial charge in [-0.25, -0.2) is 22.7 Å². The van der Waals surface area contributed by atoms with Gasteiger partial charge in [-0.1, -0.05) is 17.7 Å². The summed E-state index contributed by atoms with van der Waals surface area (Å²) in [5.41, 5.74) is 0.165. The monoisotopic (exact) mass is 410 g/mol. The number of ether oxygens (including phenoxy) is 1. The first-order valence-electron chi connectivity index (χ1n) is 9.22. The summed E-state index contributed by atoms with van der Waals surface area (Å²) in [6.07, 6.45) is 0.0650. The molecule has 1 amide bonds. The summed E-state index contributed by atoms with van der Waals surface area (Å²) in [6.45, 7) is 6.97. The van der Waals surface area contributed by atoms with Crippen LogP contribution in [0.3, 0.4) is 0 Å². The Kier molecular flexibility index (Phi) is 5.18. The lowest BCUT2D eigenvalue weighted by Crippen LogP contribution is -2.58. The van der Waals surface area contributed by atoms with Gasteiger partial charge in [0.1, 0.15) is 11.6 Å². The first-order valence-corrected chi connectivity index (χ1v) is 10.7. The molecule has 1 aromatic rings. The number of nitrogens with zero attached hydrogens (tertiary/aromatic N) is 1. The van der Waals surface area contributed by atoms with Gasteiger partial charge < -0.3 is 9.84 Å². The molecule has 1 saturated heterocycles. The second kappa shape index (κ2) is 7.04. The van der Waals surface area contributed by atoms with Crippen molar-refractivity contribution in [1.82, 2.24) is 9.62 Å². The summed E-state index contributed by atoms with van der Waals surface area (Å²) in [7, 11) is -3.78. The van der Waals surface area contributed by atoms with E-state index in [0.29, 0.717) is 12.8 Å². The highest BCUT2D eigenvalue weighted by Gasteiger charge is 2.57. The molecule has 1 aliphatic carbocycles. The topological polar surface area (TPSA) is 113 Å². The molecule has 0 unspecified atom stereocenters. The number of amides is 1. The van der Waals surface area contributed by atoms with Gasteiger partial charge in [0.05, 0.1) is 10.9 Å². The minimum atomic E-state index is -3.78. The van der Waals surface area contributed by atoms with E-state index in [1.54, 1.807) is 32.9 Å². The molecular formula is C19H26N2O6S. The predicted octanol–water partition coefficient (Wildman–Crippen LogP) is 2.12. The maximum absolute atomic E-state index is 12.7. The molecule has 1 saturated carbocycles. The van der Waals surface area contributed by atoms with Gasteiger partial charge in [-0.05, 0) is 58.6 Å². The van der Waals surface area contributed by atoms with Crippen molar-refractivity contribution in [3.63, 3.8) is 0 Å². The highest BCUT2D eigenvalue weighted by molar-refractivity contribution is 7.89. The number of carbonyl (C=O) groups excluding carboxylic acids is 1. The lowest BCUT2D eigenvalue weighted by atomic mass is 9.97.